The molecule has 12 heteroatoms. The van der Waals surface area contributed by atoms with E-state index in [-0.39, 0.29) is 19.1 Å². The van der Waals surface area contributed by atoms with Crippen molar-refractivity contribution in [3.8, 4) is 0 Å². The Hall–Kier alpha value is -2.38. The van der Waals surface area contributed by atoms with Crippen molar-refractivity contribution < 1.29 is 24.1 Å². The molecule has 2 aromatic rings. The molecule has 2 aromatic heterocycles. The van der Waals surface area contributed by atoms with Gasteiger partial charge in [0.1, 0.15) is 18.0 Å². The second-order valence-electron chi connectivity index (χ2n) is 17.4. The van der Waals surface area contributed by atoms with E-state index in [9.17, 15) is 14.7 Å². The summed E-state index contributed by atoms with van der Waals surface area (Å²) in [5.41, 5.74) is 0.122. The summed E-state index contributed by atoms with van der Waals surface area (Å²) < 4.78 is 28.2. The van der Waals surface area contributed by atoms with E-state index in [0.29, 0.717) is 31.1 Å². The van der Waals surface area contributed by atoms with E-state index < -0.39 is 35.5 Å². The van der Waals surface area contributed by atoms with Gasteiger partial charge < -0.3 is 24.1 Å². The highest BCUT2D eigenvalue weighted by Crippen LogP contribution is 2.36. The highest BCUT2D eigenvalue weighted by Gasteiger charge is 2.40. The van der Waals surface area contributed by atoms with Gasteiger partial charge in [0.15, 0.2) is 5.79 Å². The van der Waals surface area contributed by atoms with Crippen LogP contribution in [0.25, 0.3) is 0 Å². The first-order valence-electron chi connectivity index (χ1n) is 23.8. The number of rotatable bonds is 34. The van der Waals surface area contributed by atoms with E-state index in [1.54, 1.807) is 17.8 Å². The maximum absolute atomic E-state index is 12.3. The standard InChI is InChI=1S/C46H81N5O7/c1-4-6-8-10-12-14-16-18-20-22-25-29-46(30-26-23-21-19-17-15-13-11-9-7-5-2)56-37-40(58-46)28-24-27-31-55-36-39-34-50(49-48-39)35-42-41(52)32-43(57-42)51-33-38(3)44(53)47-45(51)54/h33-34,40-43,52H,4-32,35-37H2,1-3H3,(H,47,53,54)/t40?,41-,42-,43-/m1/s1. The molecule has 0 aliphatic carbocycles. The van der Waals surface area contributed by atoms with Crippen LogP contribution in [-0.4, -0.2) is 67.0 Å². The lowest BCUT2D eigenvalue weighted by molar-refractivity contribution is -0.180. The second kappa shape index (κ2) is 28.2. The summed E-state index contributed by atoms with van der Waals surface area (Å²) in [6.45, 7) is 8.16. The lowest BCUT2D eigenvalue weighted by atomic mass is 9.98. The van der Waals surface area contributed by atoms with Crippen molar-refractivity contribution in [1.29, 1.82) is 0 Å². The molecule has 2 saturated heterocycles. The van der Waals surface area contributed by atoms with Crippen LogP contribution in [0.5, 0.6) is 0 Å². The van der Waals surface area contributed by atoms with Crippen molar-refractivity contribution in [2.24, 2.45) is 0 Å². The number of aromatic nitrogens is 5. The van der Waals surface area contributed by atoms with Gasteiger partial charge in [-0.25, -0.2) is 9.48 Å². The number of nitrogens with zero attached hydrogens (tertiary/aromatic N) is 4. The number of nitrogens with one attached hydrogen (secondary N) is 1. The van der Waals surface area contributed by atoms with Gasteiger partial charge >= 0.3 is 5.69 Å². The van der Waals surface area contributed by atoms with Gasteiger partial charge in [-0.05, 0) is 39.0 Å². The Morgan fingerprint density at radius 1 is 0.793 bits per heavy atom. The normalized spacial score (nSPS) is 20.4. The van der Waals surface area contributed by atoms with Crippen molar-refractivity contribution in [3.63, 3.8) is 0 Å². The third kappa shape index (κ3) is 18.1. The van der Waals surface area contributed by atoms with Crippen LogP contribution in [0, 0.1) is 6.92 Å². The largest absolute Gasteiger partial charge is 0.390 e. The maximum atomic E-state index is 12.3. The van der Waals surface area contributed by atoms with Gasteiger partial charge in [0, 0.05) is 37.6 Å². The molecule has 4 atom stereocenters. The van der Waals surface area contributed by atoms with Crippen molar-refractivity contribution in [3.05, 3.63) is 44.5 Å². The van der Waals surface area contributed by atoms with Gasteiger partial charge in [0.25, 0.3) is 5.56 Å². The number of hydrogen-bond acceptors (Lipinski definition) is 9. The molecule has 0 aromatic carbocycles. The Balaban J connectivity index is 1.10. The molecule has 12 nitrogen and oxygen atoms in total. The number of aryl methyl sites for hydroxylation is 1. The molecular weight excluding hydrogens is 735 g/mol. The number of aliphatic hydroxyl groups excluding tert-OH is 1. The molecule has 0 saturated carbocycles. The average Bonchev–Trinajstić information content (AvgIpc) is 3.94. The predicted octanol–water partition coefficient (Wildman–Crippen LogP) is 9.99. The van der Waals surface area contributed by atoms with Crippen molar-refractivity contribution >= 4 is 0 Å². The summed E-state index contributed by atoms with van der Waals surface area (Å²) >= 11 is 0. The molecule has 332 valence electrons. The summed E-state index contributed by atoms with van der Waals surface area (Å²) in [6, 6.07) is 0. The fourth-order valence-corrected chi connectivity index (χ4v) is 8.54. The zero-order chi connectivity index (χ0) is 41.3. The summed E-state index contributed by atoms with van der Waals surface area (Å²) in [5, 5.41) is 19.1. The van der Waals surface area contributed by atoms with Gasteiger partial charge in [0.05, 0.1) is 38.2 Å². The minimum absolute atomic E-state index is 0.153. The third-order valence-electron chi connectivity index (χ3n) is 12.2. The highest BCUT2D eigenvalue weighted by atomic mass is 16.7. The van der Waals surface area contributed by atoms with Crippen LogP contribution < -0.4 is 11.2 Å². The predicted molar refractivity (Wildman–Crippen MR) is 230 cm³/mol. The zero-order valence-corrected chi connectivity index (χ0v) is 36.8. The lowest BCUT2D eigenvalue weighted by Crippen LogP contribution is -2.33. The minimum atomic E-state index is -0.790. The summed E-state index contributed by atoms with van der Waals surface area (Å²) in [6.07, 6.45) is 36.2. The molecule has 0 bridgehead atoms. The first-order chi connectivity index (χ1) is 28.3. The lowest BCUT2D eigenvalue weighted by Gasteiger charge is -2.28. The number of aliphatic hydroxyl groups is 1. The SMILES string of the molecule is CCCCCCCCCCCCCC1(CCCCCCCCCCCCC)OCC(CCCCOCc2cn(C[C@H]3O[C@@H](n4cc(C)c(=O)[nH]c4=O)C[C@H]3O)nn2)O1. The van der Waals surface area contributed by atoms with E-state index in [2.05, 4.69) is 29.1 Å². The Morgan fingerprint density at radius 3 is 1.95 bits per heavy atom. The molecule has 2 fully saturated rings. The third-order valence-corrected chi connectivity index (χ3v) is 12.2. The van der Waals surface area contributed by atoms with Gasteiger partial charge in [-0.3, -0.25) is 14.3 Å². The molecule has 0 spiro atoms. The topological polar surface area (TPSA) is 143 Å². The van der Waals surface area contributed by atoms with E-state index in [1.165, 1.54) is 152 Å². The van der Waals surface area contributed by atoms with E-state index in [0.717, 1.165) is 32.1 Å². The van der Waals surface area contributed by atoms with E-state index >= 15 is 0 Å². The van der Waals surface area contributed by atoms with Crippen LogP contribution in [0.1, 0.15) is 211 Å². The molecule has 58 heavy (non-hydrogen) atoms. The molecule has 0 amide bonds. The molecule has 2 aliphatic rings. The average molecular weight is 816 g/mol. The molecule has 4 heterocycles. The number of ether oxygens (including phenoxy) is 4. The van der Waals surface area contributed by atoms with Crippen molar-refractivity contribution in [2.75, 3.05) is 13.2 Å². The summed E-state index contributed by atoms with van der Waals surface area (Å²) in [4.78, 5) is 26.4. The van der Waals surface area contributed by atoms with Gasteiger partial charge in [-0.15, -0.1) is 5.10 Å². The smallest absolute Gasteiger partial charge is 0.330 e. The minimum Gasteiger partial charge on any atom is -0.390 e. The molecule has 4 rings (SSSR count). The van der Waals surface area contributed by atoms with Crippen LogP contribution in [0.4, 0.5) is 0 Å². The molecule has 2 aliphatic heterocycles. The van der Waals surface area contributed by atoms with Crippen LogP contribution >= 0.6 is 0 Å². The highest BCUT2D eigenvalue weighted by molar-refractivity contribution is 5.02. The molecule has 1 unspecified atom stereocenters. The Labute approximate surface area is 349 Å². The second-order valence-corrected chi connectivity index (χ2v) is 17.4. The number of hydrogen-bond donors (Lipinski definition) is 2. The Morgan fingerprint density at radius 2 is 1.36 bits per heavy atom. The monoisotopic (exact) mass is 816 g/mol. The zero-order valence-electron chi connectivity index (χ0n) is 36.8. The Kier molecular flexibility index (Phi) is 23.5. The van der Waals surface area contributed by atoms with Gasteiger partial charge in [-0.2, -0.15) is 0 Å². The van der Waals surface area contributed by atoms with Crippen LogP contribution in [0.2, 0.25) is 0 Å². The van der Waals surface area contributed by atoms with Crippen LogP contribution in [0.15, 0.2) is 22.0 Å². The van der Waals surface area contributed by atoms with Crippen molar-refractivity contribution in [2.45, 2.75) is 244 Å². The molecule has 0 radical (unpaired) electrons. The number of aromatic amines is 1. The van der Waals surface area contributed by atoms with Gasteiger partial charge in [-0.1, -0.05) is 147 Å². The maximum Gasteiger partial charge on any atom is 0.330 e. The fraction of sp³-hybridized carbons (Fsp3) is 0.870. The van der Waals surface area contributed by atoms with E-state index in [1.807, 2.05) is 0 Å². The number of H-pyrrole nitrogens is 1. The first kappa shape index (κ1) is 48.3. The number of unbranched alkanes of at least 4 members (excludes halogenated alkanes) is 21. The first-order valence-corrected chi connectivity index (χ1v) is 23.8. The quantitative estimate of drug-likeness (QED) is 0.0660. The molecule has 2 N–H and O–H groups in total. The van der Waals surface area contributed by atoms with Crippen molar-refractivity contribution in [1.82, 2.24) is 24.5 Å². The molecular formula is C46H81N5O7. The van der Waals surface area contributed by atoms with Crippen LogP contribution in [-0.2, 0) is 32.1 Å². The summed E-state index contributed by atoms with van der Waals surface area (Å²) in [5.74, 6) is -0.398. The van der Waals surface area contributed by atoms with E-state index in [4.69, 9.17) is 18.9 Å². The van der Waals surface area contributed by atoms with Gasteiger partial charge in [0.2, 0.25) is 0 Å². The fourth-order valence-electron chi connectivity index (χ4n) is 8.54. The Bertz CT molecular complexity index is 1450. The van der Waals surface area contributed by atoms with Crippen LogP contribution in [0.3, 0.4) is 0 Å². The summed E-state index contributed by atoms with van der Waals surface area (Å²) in [7, 11) is 0.